The summed E-state index contributed by atoms with van der Waals surface area (Å²) in [5, 5.41) is 0.422. The van der Waals surface area contributed by atoms with Crippen LogP contribution in [0.2, 0.25) is 5.02 Å². The summed E-state index contributed by atoms with van der Waals surface area (Å²) in [6, 6.07) is 15.4. The van der Waals surface area contributed by atoms with Gasteiger partial charge in [-0.2, -0.15) is 0 Å². The molecule has 3 nitrogen and oxygen atoms in total. The third-order valence-corrected chi connectivity index (χ3v) is 4.71. The van der Waals surface area contributed by atoms with E-state index in [2.05, 4.69) is 6.58 Å². The molecule has 1 aliphatic heterocycles. The Bertz CT molecular complexity index is 843. The van der Waals surface area contributed by atoms with Crippen LogP contribution in [0.5, 0.6) is 0 Å². The van der Waals surface area contributed by atoms with Gasteiger partial charge in [-0.15, -0.1) is 6.58 Å². The third-order valence-electron chi connectivity index (χ3n) is 3.55. The summed E-state index contributed by atoms with van der Waals surface area (Å²) >= 11 is 6.87. The summed E-state index contributed by atoms with van der Waals surface area (Å²) < 4.78 is 0. The summed E-state index contributed by atoms with van der Waals surface area (Å²) in [4.78, 5) is 25.7. The zero-order valence-electron chi connectivity index (χ0n) is 12.7. The molecular weight excluding hydrogens is 342 g/mol. The molecule has 2 amide bonds. The van der Waals surface area contributed by atoms with E-state index in [1.165, 1.54) is 4.90 Å². The van der Waals surface area contributed by atoms with Crippen LogP contribution in [0, 0.1) is 0 Å². The first kappa shape index (κ1) is 16.6. The standard InChI is InChI=1S/C19H14ClNO2S/c1-2-10-21-18(22)17(24-19(21)23)12-13-4-3-5-15(11-13)14-6-8-16(20)9-7-14/h2-9,11-12H,1,10H2. The van der Waals surface area contributed by atoms with E-state index in [4.69, 9.17) is 11.6 Å². The first-order valence-electron chi connectivity index (χ1n) is 7.31. The lowest BCUT2D eigenvalue weighted by Gasteiger charge is -2.07. The fourth-order valence-corrected chi connectivity index (χ4v) is 3.36. The Labute approximate surface area is 149 Å². The minimum absolute atomic E-state index is 0.229. The second-order valence-corrected chi connectivity index (χ2v) is 6.64. The van der Waals surface area contributed by atoms with E-state index < -0.39 is 0 Å². The second kappa shape index (κ2) is 7.07. The van der Waals surface area contributed by atoms with Gasteiger partial charge in [0.15, 0.2) is 0 Å². The summed E-state index contributed by atoms with van der Waals surface area (Å²) in [5.74, 6) is -0.276. The number of hydrogen-bond donors (Lipinski definition) is 0. The lowest BCUT2D eigenvalue weighted by atomic mass is 10.0. The van der Waals surface area contributed by atoms with Crippen molar-refractivity contribution in [3.8, 4) is 11.1 Å². The molecule has 0 radical (unpaired) electrons. The molecule has 2 aromatic carbocycles. The third kappa shape index (κ3) is 3.45. The van der Waals surface area contributed by atoms with Gasteiger partial charge >= 0.3 is 0 Å². The van der Waals surface area contributed by atoms with Crippen LogP contribution in [-0.4, -0.2) is 22.6 Å². The van der Waals surface area contributed by atoms with E-state index in [0.717, 1.165) is 28.5 Å². The van der Waals surface area contributed by atoms with Gasteiger partial charge in [0.25, 0.3) is 11.1 Å². The Hall–Kier alpha value is -2.30. The smallest absolute Gasteiger partial charge is 0.268 e. The molecule has 5 heteroatoms. The van der Waals surface area contributed by atoms with Crippen LogP contribution in [-0.2, 0) is 4.79 Å². The van der Waals surface area contributed by atoms with E-state index in [9.17, 15) is 9.59 Å². The van der Waals surface area contributed by atoms with Gasteiger partial charge < -0.3 is 0 Å². The minimum atomic E-state index is -0.276. The fraction of sp³-hybridized carbons (Fsp3) is 0.0526. The van der Waals surface area contributed by atoms with E-state index in [1.54, 1.807) is 12.2 Å². The van der Waals surface area contributed by atoms with Crippen molar-refractivity contribution in [2.24, 2.45) is 0 Å². The number of benzene rings is 2. The normalized spacial score (nSPS) is 16.0. The minimum Gasteiger partial charge on any atom is -0.268 e. The monoisotopic (exact) mass is 355 g/mol. The number of rotatable bonds is 4. The zero-order valence-corrected chi connectivity index (χ0v) is 14.3. The number of halogens is 1. The van der Waals surface area contributed by atoms with E-state index >= 15 is 0 Å². The molecule has 1 heterocycles. The Kier molecular flexibility index (Phi) is 4.88. The van der Waals surface area contributed by atoms with Gasteiger partial charge in [-0.25, -0.2) is 0 Å². The van der Waals surface area contributed by atoms with E-state index in [-0.39, 0.29) is 17.7 Å². The van der Waals surface area contributed by atoms with Gasteiger partial charge in [0.1, 0.15) is 0 Å². The molecule has 0 N–H and O–H groups in total. The molecule has 3 rings (SSSR count). The van der Waals surface area contributed by atoms with Gasteiger partial charge in [-0.1, -0.05) is 48.0 Å². The van der Waals surface area contributed by atoms with E-state index in [0.29, 0.717) is 9.93 Å². The van der Waals surface area contributed by atoms with Crippen molar-refractivity contribution in [1.82, 2.24) is 4.90 Å². The van der Waals surface area contributed by atoms with Crippen LogP contribution < -0.4 is 0 Å². The summed E-state index contributed by atoms with van der Waals surface area (Å²) in [7, 11) is 0. The number of carbonyl (C=O) groups is 2. The Morgan fingerprint density at radius 1 is 1.08 bits per heavy atom. The second-order valence-electron chi connectivity index (χ2n) is 5.21. The van der Waals surface area contributed by atoms with Gasteiger partial charge in [0, 0.05) is 11.6 Å². The maximum atomic E-state index is 12.3. The number of thioether (sulfide) groups is 1. The maximum absolute atomic E-state index is 12.3. The van der Waals surface area contributed by atoms with Crippen molar-refractivity contribution in [3.05, 3.63) is 76.7 Å². The molecule has 0 bridgehead atoms. The number of nitrogens with zero attached hydrogens (tertiary/aromatic N) is 1. The molecule has 24 heavy (non-hydrogen) atoms. The van der Waals surface area contributed by atoms with Gasteiger partial charge in [0.05, 0.1) is 4.91 Å². The molecule has 1 fully saturated rings. The van der Waals surface area contributed by atoms with E-state index in [1.807, 2.05) is 48.5 Å². The molecule has 0 unspecified atom stereocenters. The van der Waals surface area contributed by atoms with Crippen LogP contribution in [0.15, 0.2) is 66.1 Å². The molecule has 0 spiro atoms. The first-order chi connectivity index (χ1) is 11.6. The highest BCUT2D eigenvalue weighted by Crippen LogP contribution is 2.32. The molecule has 1 aliphatic rings. The van der Waals surface area contributed by atoms with Crippen LogP contribution in [0.25, 0.3) is 17.2 Å². The number of imide groups is 1. The van der Waals surface area contributed by atoms with Gasteiger partial charge in [-0.3, -0.25) is 14.5 Å². The van der Waals surface area contributed by atoms with Crippen molar-refractivity contribution in [1.29, 1.82) is 0 Å². The predicted octanol–water partition coefficient (Wildman–Crippen LogP) is 5.23. The number of carbonyl (C=O) groups excluding carboxylic acids is 2. The molecule has 0 aromatic heterocycles. The summed E-state index contributed by atoms with van der Waals surface area (Å²) in [6.45, 7) is 3.80. The van der Waals surface area contributed by atoms with Crippen LogP contribution in [0.3, 0.4) is 0 Å². The quantitative estimate of drug-likeness (QED) is 0.556. The largest absolute Gasteiger partial charge is 0.293 e. The number of hydrogen-bond acceptors (Lipinski definition) is 3. The molecule has 0 atom stereocenters. The number of amides is 2. The summed E-state index contributed by atoms with van der Waals surface area (Å²) in [5.41, 5.74) is 2.92. The van der Waals surface area contributed by atoms with Gasteiger partial charge in [-0.05, 0) is 52.7 Å². The molecule has 2 aromatic rings. The highest BCUT2D eigenvalue weighted by atomic mass is 35.5. The fourth-order valence-electron chi connectivity index (χ4n) is 2.39. The molecular formula is C19H14ClNO2S. The summed E-state index contributed by atoms with van der Waals surface area (Å²) in [6.07, 6.45) is 3.29. The Morgan fingerprint density at radius 2 is 1.83 bits per heavy atom. The van der Waals surface area contributed by atoms with Gasteiger partial charge in [0.2, 0.25) is 0 Å². The lowest BCUT2D eigenvalue weighted by Crippen LogP contribution is -2.27. The van der Waals surface area contributed by atoms with Crippen molar-refractivity contribution < 1.29 is 9.59 Å². The molecule has 1 saturated heterocycles. The topological polar surface area (TPSA) is 37.4 Å². The average molecular weight is 356 g/mol. The molecule has 0 saturated carbocycles. The van der Waals surface area contributed by atoms with Crippen molar-refractivity contribution in [3.63, 3.8) is 0 Å². The first-order valence-corrected chi connectivity index (χ1v) is 8.50. The SMILES string of the molecule is C=CCN1C(=O)SC(=Cc2cccc(-c3ccc(Cl)cc3)c2)C1=O. The van der Waals surface area contributed by atoms with Crippen LogP contribution in [0.4, 0.5) is 4.79 Å². The highest BCUT2D eigenvalue weighted by molar-refractivity contribution is 8.18. The molecule has 120 valence electrons. The lowest BCUT2D eigenvalue weighted by molar-refractivity contribution is -0.122. The Balaban J connectivity index is 1.90. The van der Waals surface area contributed by atoms with Crippen LogP contribution >= 0.6 is 23.4 Å². The highest BCUT2D eigenvalue weighted by Gasteiger charge is 2.33. The maximum Gasteiger partial charge on any atom is 0.293 e. The Morgan fingerprint density at radius 3 is 2.54 bits per heavy atom. The van der Waals surface area contributed by atoms with Crippen LogP contribution in [0.1, 0.15) is 5.56 Å². The predicted molar refractivity (Wildman–Crippen MR) is 99.8 cm³/mol. The van der Waals surface area contributed by atoms with Crippen molar-refractivity contribution >= 4 is 40.6 Å². The molecule has 0 aliphatic carbocycles. The van der Waals surface area contributed by atoms with Crippen molar-refractivity contribution in [2.75, 3.05) is 6.54 Å². The van der Waals surface area contributed by atoms with Crippen molar-refractivity contribution in [2.45, 2.75) is 0 Å². The average Bonchev–Trinajstić information content (AvgIpc) is 2.84. The zero-order chi connectivity index (χ0) is 17.1.